The number of nitrogens with two attached hydrogens (primary N) is 1. The van der Waals surface area contributed by atoms with Gasteiger partial charge in [-0.1, -0.05) is 17.3 Å². The molecule has 0 aromatic heterocycles. The molecule has 3 N–H and O–H groups in total. The summed E-state index contributed by atoms with van der Waals surface area (Å²) in [5.41, 5.74) is 6.27. The first-order valence-corrected chi connectivity index (χ1v) is 4.28. The summed E-state index contributed by atoms with van der Waals surface area (Å²) in [7, 11) is 0. The second kappa shape index (κ2) is 3.32. The molecule has 0 saturated carbocycles. The van der Waals surface area contributed by atoms with Crippen molar-refractivity contribution < 1.29 is 9.94 Å². The van der Waals surface area contributed by atoms with Crippen molar-refractivity contribution in [3.63, 3.8) is 0 Å². The van der Waals surface area contributed by atoms with E-state index in [-0.39, 0.29) is 18.6 Å². The van der Waals surface area contributed by atoms with Crippen molar-refractivity contribution in [2.75, 3.05) is 6.54 Å². The Labute approximate surface area is 76.4 Å². The van der Waals surface area contributed by atoms with E-state index in [4.69, 9.17) is 10.6 Å². The average molecular weight is 180 g/mol. The van der Waals surface area contributed by atoms with Crippen LogP contribution in [-0.4, -0.2) is 30.1 Å². The van der Waals surface area contributed by atoms with Crippen LogP contribution in [0.3, 0.4) is 0 Å². The highest BCUT2D eigenvalue weighted by Gasteiger charge is 2.32. The van der Waals surface area contributed by atoms with E-state index >= 15 is 0 Å². The standard InChI is InChI=1S/C9H12N2O2/c10-4-8(12)6-2-1-3-9-7(6)5-11-13-9/h1-3,5,7-9,12H,4,10H2. The van der Waals surface area contributed by atoms with Gasteiger partial charge in [0.05, 0.1) is 18.2 Å². The number of aliphatic hydroxyl groups is 1. The number of allylic oxidation sites excluding steroid dienone is 2. The first-order valence-electron chi connectivity index (χ1n) is 4.28. The third-order valence-corrected chi connectivity index (χ3v) is 2.34. The van der Waals surface area contributed by atoms with Crippen LogP contribution >= 0.6 is 0 Å². The molecule has 4 nitrogen and oxygen atoms in total. The van der Waals surface area contributed by atoms with Crippen LogP contribution in [0.2, 0.25) is 0 Å². The molecular formula is C9H12N2O2. The maximum atomic E-state index is 9.59. The van der Waals surface area contributed by atoms with E-state index < -0.39 is 6.10 Å². The van der Waals surface area contributed by atoms with Crippen LogP contribution in [0.1, 0.15) is 0 Å². The fraction of sp³-hybridized carbons (Fsp3) is 0.444. The summed E-state index contributed by atoms with van der Waals surface area (Å²) in [5, 5.41) is 13.3. The highest BCUT2D eigenvalue weighted by Crippen LogP contribution is 2.27. The van der Waals surface area contributed by atoms with Gasteiger partial charge in [-0.15, -0.1) is 0 Å². The van der Waals surface area contributed by atoms with E-state index in [9.17, 15) is 5.11 Å². The Balaban J connectivity index is 2.21. The molecular weight excluding hydrogens is 168 g/mol. The molecule has 0 aromatic rings. The summed E-state index contributed by atoms with van der Waals surface area (Å²) >= 11 is 0. The lowest BCUT2D eigenvalue weighted by Crippen LogP contribution is -2.31. The molecule has 4 heteroatoms. The van der Waals surface area contributed by atoms with E-state index in [1.54, 1.807) is 6.21 Å². The van der Waals surface area contributed by atoms with Gasteiger partial charge in [-0.05, 0) is 11.6 Å². The van der Waals surface area contributed by atoms with Gasteiger partial charge in [0.2, 0.25) is 0 Å². The van der Waals surface area contributed by atoms with Gasteiger partial charge in [0, 0.05) is 6.54 Å². The molecule has 3 unspecified atom stereocenters. The second-order valence-electron chi connectivity index (χ2n) is 3.15. The van der Waals surface area contributed by atoms with Crippen LogP contribution in [0.25, 0.3) is 0 Å². The molecule has 1 aliphatic carbocycles. The Hall–Kier alpha value is -1.13. The molecule has 0 aromatic carbocycles. The lowest BCUT2D eigenvalue weighted by Gasteiger charge is -2.22. The monoisotopic (exact) mass is 180 g/mol. The van der Waals surface area contributed by atoms with E-state index in [1.165, 1.54) is 0 Å². The predicted octanol–water partition coefficient (Wildman–Crippen LogP) is -0.197. The molecule has 2 rings (SSSR count). The lowest BCUT2D eigenvalue weighted by molar-refractivity contribution is 0.0952. The van der Waals surface area contributed by atoms with Gasteiger partial charge in [0.15, 0.2) is 6.10 Å². The minimum atomic E-state index is -0.592. The van der Waals surface area contributed by atoms with E-state index in [0.29, 0.717) is 0 Å². The van der Waals surface area contributed by atoms with Crippen molar-refractivity contribution in [2.45, 2.75) is 12.2 Å². The molecule has 0 spiro atoms. The molecule has 0 bridgehead atoms. The fourth-order valence-corrected chi connectivity index (χ4v) is 1.61. The molecule has 0 fully saturated rings. The fourth-order valence-electron chi connectivity index (χ4n) is 1.61. The number of hydrogen-bond acceptors (Lipinski definition) is 4. The smallest absolute Gasteiger partial charge is 0.157 e. The summed E-state index contributed by atoms with van der Waals surface area (Å²) < 4.78 is 0. The number of fused-ring (bicyclic) bond motifs is 1. The van der Waals surface area contributed by atoms with Gasteiger partial charge < -0.3 is 15.7 Å². The molecule has 1 aliphatic heterocycles. The summed E-state index contributed by atoms with van der Waals surface area (Å²) in [6.45, 7) is 0.233. The highest BCUT2D eigenvalue weighted by atomic mass is 16.6. The minimum Gasteiger partial charge on any atom is -0.388 e. The summed E-state index contributed by atoms with van der Waals surface area (Å²) in [6, 6.07) is 0. The Morgan fingerprint density at radius 1 is 1.69 bits per heavy atom. The average Bonchev–Trinajstić information content (AvgIpc) is 2.63. The van der Waals surface area contributed by atoms with Crippen molar-refractivity contribution in [3.8, 4) is 0 Å². The van der Waals surface area contributed by atoms with Crippen molar-refractivity contribution in [1.29, 1.82) is 0 Å². The minimum absolute atomic E-state index is 0.0544. The zero-order chi connectivity index (χ0) is 9.26. The van der Waals surface area contributed by atoms with Gasteiger partial charge >= 0.3 is 0 Å². The molecule has 1 heterocycles. The molecule has 0 radical (unpaired) electrons. The Morgan fingerprint density at radius 3 is 3.31 bits per heavy atom. The predicted molar refractivity (Wildman–Crippen MR) is 49.1 cm³/mol. The third-order valence-electron chi connectivity index (χ3n) is 2.34. The van der Waals surface area contributed by atoms with Gasteiger partial charge in [-0.25, -0.2) is 0 Å². The summed E-state index contributed by atoms with van der Waals surface area (Å²) in [4.78, 5) is 5.07. The van der Waals surface area contributed by atoms with E-state index in [1.807, 2.05) is 18.2 Å². The Kier molecular flexibility index (Phi) is 2.16. The molecule has 0 saturated heterocycles. The first-order chi connectivity index (χ1) is 6.33. The Morgan fingerprint density at radius 2 is 2.54 bits per heavy atom. The van der Waals surface area contributed by atoms with Crippen molar-refractivity contribution in [2.24, 2.45) is 16.8 Å². The number of nitrogens with zero attached hydrogens (tertiary/aromatic N) is 1. The zero-order valence-electron chi connectivity index (χ0n) is 7.13. The van der Waals surface area contributed by atoms with Crippen LogP contribution in [0, 0.1) is 5.92 Å². The summed E-state index contributed by atoms with van der Waals surface area (Å²) in [6.07, 6.45) is 6.72. The van der Waals surface area contributed by atoms with Crippen LogP contribution in [0.4, 0.5) is 0 Å². The number of rotatable bonds is 2. The lowest BCUT2D eigenvalue weighted by atomic mass is 9.87. The SMILES string of the molecule is NCC(O)C1=CC=CC2ON=CC12. The molecule has 2 aliphatic rings. The van der Waals surface area contributed by atoms with Gasteiger partial charge in [0.1, 0.15) is 0 Å². The second-order valence-corrected chi connectivity index (χ2v) is 3.15. The summed E-state index contributed by atoms with van der Waals surface area (Å²) in [5.74, 6) is 0.0588. The van der Waals surface area contributed by atoms with Crippen LogP contribution in [-0.2, 0) is 4.84 Å². The van der Waals surface area contributed by atoms with Crippen molar-refractivity contribution >= 4 is 6.21 Å². The van der Waals surface area contributed by atoms with Crippen LogP contribution < -0.4 is 5.73 Å². The normalized spacial score (nSPS) is 32.3. The number of aliphatic hydroxyl groups excluding tert-OH is 1. The van der Waals surface area contributed by atoms with E-state index in [0.717, 1.165) is 5.57 Å². The maximum absolute atomic E-state index is 9.59. The maximum Gasteiger partial charge on any atom is 0.157 e. The largest absolute Gasteiger partial charge is 0.388 e. The van der Waals surface area contributed by atoms with Gasteiger partial charge in [0.25, 0.3) is 0 Å². The third kappa shape index (κ3) is 1.38. The topological polar surface area (TPSA) is 67.8 Å². The Bertz CT molecular complexity index is 283. The molecule has 3 atom stereocenters. The highest BCUT2D eigenvalue weighted by molar-refractivity contribution is 5.69. The zero-order valence-corrected chi connectivity index (χ0v) is 7.13. The van der Waals surface area contributed by atoms with Gasteiger partial charge in [-0.2, -0.15) is 0 Å². The number of hydrogen-bond donors (Lipinski definition) is 2. The van der Waals surface area contributed by atoms with E-state index in [2.05, 4.69) is 5.16 Å². The first kappa shape index (κ1) is 8.47. The molecule has 0 amide bonds. The van der Waals surface area contributed by atoms with Gasteiger partial charge in [-0.3, -0.25) is 0 Å². The molecule has 13 heavy (non-hydrogen) atoms. The number of oxime groups is 1. The van der Waals surface area contributed by atoms with Crippen LogP contribution in [0.15, 0.2) is 29.0 Å². The van der Waals surface area contributed by atoms with Crippen molar-refractivity contribution in [1.82, 2.24) is 0 Å². The van der Waals surface area contributed by atoms with Crippen LogP contribution in [0.5, 0.6) is 0 Å². The quantitative estimate of drug-likeness (QED) is 0.618. The van der Waals surface area contributed by atoms with Crippen molar-refractivity contribution in [3.05, 3.63) is 23.8 Å². The molecule has 70 valence electrons.